The van der Waals surface area contributed by atoms with Crippen LogP contribution in [0.4, 0.5) is 8.78 Å². The van der Waals surface area contributed by atoms with Gasteiger partial charge in [-0.2, -0.15) is 0 Å². The van der Waals surface area contributed by atoms with Gasteiger partial charge in [-0.05, 0) is 12.5 Å². The van der Waals surface area contributed by atoms with Crippen molar-refractivity contribution in [1.29, 1.82) is 0 Å². The first-order valence-corrected chi connectivity index (χ1v) is 3.89. The average Bonchev–Trinajstić information content (AvgIpc) is 2.10. The lowest BCUT2D eigenvalue weighted by Gasteiger charge is -2.09. The second-order valence-electron chi connectivity index (χ2n) is 2.68. The van der Waals surface area contributed by atoms with Crippen LogP contribution in [0.1, 0.15) is 18.1 Å². The molecule has 1 N–H and O–H groups in total. The zero-order chi connectivity index (χ0) is 9.84. The van der Waals surface area contributed by atoms with E-state index in [4.69, 9.17) is 0 Å². The van der Waals surface area contributed by atoms with Crippen molar-refractivity contribution in [2.24, 2.45) is 0 Å². The predicted molar refractivity (Wildman–Crippen MR) is 46.1 cm³/mol. The number of benzene rings is 1. The third-order valence-electron chi connectivity index (χ3n) is 1.73. The summed E-state index contributed by atoms with van der Waals surface area (Å²) >= 11 is 0. The molecule has 1 aromatic carbocycles. The Morgan fingerprint density at radius 3 is 2.77 bits per heavy atom. The number of hydrogen-bond donors (Lipinski definition) is 1. The summed E-state index contributed by atoms with van der Waals surface area (Å²) in [6.45, 7) is 3.40. The largest absolute Gasteiger partial charge is 0.388 e. The summed E-state index contributed by atoms with van der Waals surface area (Å²) in [6, 6.07) is 3.73. The highest BCUT2D eigenvalue weighted by Gasteiger charge is 2.13. The fourth-order valence-electron chi connectivity index (χ4n) is 1.06. The molecule has 1 unspecified atom stereocenters. The van der Waals surface area contributed by atoms with Gasteiger partial charge in [-0.3, -0.25) is 0 Å². The molecule has 70 valence electrons. The van der Waals surface area contributed by atoms with E-state index < -0.39 is 17.7 Å². The van der Waals surface area contributed by atoms with Crippen LogP contribution in [0.3, 0.4) is 0 Å². The van der Waals surface area contributed by atoms with E-state index in [1.54, 1.807) is 0 Å². The van der Waals surface area contributed by atoms with E-state index in [9.17, 15) is 13.9 Å². The molecular formula is C10H10F2O. The lowest BCUT2D eigenvalue weighted by atomic mass is 10.1. The van der Waals surface area contributed by atoms with Crippen LogP contribution >= 0.6 is 0 Å². The molecule has 0 bridgehead atoms. The number of aliphatic hydroxyl groups is 1. The normalized spacial score (nSPS) is 12.5. The highest BCUT2D eigenvalue weighted by molar-refractivity contribution is 5.21. The molecule has 0 aliphatic carbocycles. The smallest absolute Gasteiger partial charge is 0.164 e. The third kappa shape index (κ3) is 2.12. The Morgan fingerprint density at radius 1 is 1.46 bits per heavy atom. The zero-order valence-electron chi connectivity index (χ0n) is 7.00. The summed E-state index contributed by atoms with van der Waals surface area (Å²) in [6.07, 6.45) is 0.642. The van der Waals surface area contributed by atoms with Crippen molar-refractivity contribution in [2.75, 3.05) is 0 Å². The molecule has 0 radical (unpaired) electrons. The van der Waals surface area contributed by atoms with Crippen LogP contribution in [-0.2, 0) is 0 Å². The third-order valence-corrected chi connectivity index (χ3v) is 1.73. The number of hydrogen-bond acceptors (Lipinski definition) is 1. The molecule has 0 fully saturated rings. The Morgan fingerprint density at radius 2 is 2.15 bits per heavy atom. The van der Waals surface area contributed by atoms with E-state index in [1.165, 1.54) is 18.2 Å². The molecule has 0 heterocycles. The minimum atomic E-state index is -1.02. The van der Waals surface area contributed by atoms with E-state index in [-0.39, 0.29) is 12.0 Å². The van der Waals surface area contributed by atoms with Crippen LogP contribution < -0.4 is 0 Å². The maximum absolute atomic E-state index is 13.0. The second kappa shape index (κ2) is 4.14. The molecule has 3 heteroatoms. The van der Waals surface area contributed by atoms with E-state index in [0.29, 0.717) is 0 Å². The molecule has 0 spiro atoms. The van der Waals surface area contributed by atoms with E-state index >= 15 is 0 Å². The first kappa shape index (κ1) is 9.86. The van der Waals surface area contributed by atoms with Crippen LogP contribution in [0, 0.1) is 11.6 Å². The van der Waals surface area contributed by atoms with E-state index in [1.807, 2.05) is 0 Å². The van der Waals surface area contributed by atoms with Gasteiger partial charge in [0.15, 0.2) is 11.6 Å². The maximum atomic E-state index is 13.0. The quantitative estimate of drug-likeness (QED) is 0.716. The van der Waals surface area contributed by atoms with Crippen LogP contribution in [0.25, 0.3) is 0 Å². The molecule has 1 nitrogen and oxygen atoms in total. The van der Waals surface area contributed by atoms with Gasteiger partial charge in [0.05, 0.1) is 6.10 Å². The SMILES string of the molecule is C=CCC(O)c1cccc(F)c1F. The Bertz CT molecular complexity index is 310. The van der Waals surface area contributed by atoms with Gasteiger partial charge >= 0.3 is 0 Å². The molecule has 1 aromatic rings. The van der Waals surface area contributed by atoms with Gasteiger partial charge < -0.3 is 5.11 Å². The van der Waals surface area contributed by atoms with Crippen molar-refractivity contribution in [2.45, 2.75) is 12.5 Å². The maximum Gasteiger partial charge on any atom is 0.164 e. The molecule has 0 saturated carbocycles. The van der Waals surface area contributed by atoms with Gasteiger partial charge in [-0.1, -0.05) is 18.2 Å². The van der Waals surface area contributed by atoms with Gasteiger partial charge in [0.25, 0.3) is 0 Å². The molecule has 0 aliphatic rings. The molecule has 0 aromatic heterocycles. The summed E-state index contributed by atoms with van der Waals surface area (Å²) in [5, 5.41) is 9.35. The minimum absolute atomic E-state index is 0.0279. The number of aliphatic hydroxyl groups excluding tert-OH is 1. The van der Waals surface area contributed by atoms with Crippen molar-refractivity contribution in [3.63, 3.8) is 0 Å². The highest BCUT2D eigenvalue weighted by Crippen LogP contribution is 2.21. The summed E-state index contributed by atoms with van der Waals surface area (Å²) in [4.78, 5) is 0. The molecule has 1 rings (SSSR count). The molecule has 1 atom stereocenters. The Balaban J connectivity index is 3.00. The Kier molecular flexibility index (Phi) is 3.14. The van der Waals surface area contributed by atoms with Crippen LogP contribution in [0.5, 0.6) is 0 Å². The van der Waals surface area contributed by atoms with Gasteiger partial charge in [0.2, 0.25) is 0 Å². The first-order chi connectivity index (χ1) is 6.16. The Labute approximate surface area is 75.3 Å². The number of halogens is 2. The zero-order valence-corrected chi connectivity index (χ0v) is 7.00. The molecule has 0 aliphatic heterocycles. The lowest BCUT2D eigenvalue weighted by Crippen LogP contribution is -2.01. The van der Waals surface area contributed by atoms with Gasteiger partial charge in [0.1, 0.15) is 0 Å². The molecule has 13 heavy (non-hydrogen) atoms. The lowest BCUT2D eigenvalue weighted by molar-refractivity contribution is 0.175. The van der Waals surface area contributed by atoms with Crippen molar-refractivity contribution < 1.29 is 13.9 Å². The minimum Gasteiger partial charge on any atom is -0.388 e. The standard InChI is InChI=1S/C10H10F2O/c1-2-4-9(13)7-5-3-6-8(11)10(7)12/h2-3,5-6,9,13H,1,4H2. The summed E-state index contributed by atoms with van der Waals surface area (Å²) < 4.78 is 25.7. The summed E-state index contributed by atoms with van der Waals surface area (Å²) in [5.74, 6) is -1.93. The summed E-state index contributed by atoms with van der Waals surface area (Å²) in [5.41, 5.74) is -0.0279. The monoisotopic (exact) mass is 184 g/mol. The van der Waals surface area contributed by atoms with Crippen molar-refractivity contribution >= 4 is 0 Å². The van der Waals surface area contributed by atoms with Crippen molar-refractivity contribution in [3.05, 3.63) is 48.1 Å². The van der Waals surface area contributed by atoms with E-state index in [0.717, 1.165) is 6.07 Å². The van der Waals surface area contributed by atoms with Gasteiger partial charge in [-0.25, -0.2) is 8.78 Å². The topological polar surface area (TPSA) is 20.2 Å². The fraction of sp³-hybridized carbons (Fsp3) is 0.200. The molecule has 0 amide bonds. The van der Waals surface area contributed by atoms with Crippen LogP contribution in [-0.4, -0.2) is 5.11 Å². The first-order valence-electron chi connectivity index (χ1n) is 3.89. The fourth-order valence-corrected chi connectivity index (χ4v) is 1.06. The van der Waals surface area contributed by atoms with Gasteiger partial charge in [-0.15, -0.1) is 6.58 Å². The van der Waals surface area contributed by atoms with Crippen LogP contribution in [0.2, 0.25) is 0 Å². The molecule has 0 saturated heterocycles. The van der Waals surface area contributed by atoms with Gasteiger partial charge in [0, 0.05) is 5.56 Å². The second-order valence-corrected chi connectivity index (χ2v) is 2.68. The molecular weight excluding hydrogens is 174 g/mol. The predicted octanol–water partition coefficient (Wildman–Crippen LogP) is 2.57. The van der Waals surface area contributed by atoms with Crippen molar-refractivity contribution in [1.82, 2.24) is 0 Å². The van der Waals surface area contributed by atoms with E-state index in [2.05, 4.69) is 6.58 Å². The Hall–Kier alpha value is -1.22. The average molecular weight is 184 g/mol. The highest BCUT2D eigenvalue weighted by atomic mass is 19.2. The van der Waals surface area contributed by atoms with Crippen LogP contribution in [0.15, 0.2) is 30.9 Å². The van der Waals surface area contributed by atoms with Crippen molar-refractivity contribution in [3.8, 4) is 0 Å². The number of rotatable bonds is 3. The summed E-state index contributed by atoms with van der Waals surface area (Å²) in [7, 11) is 0.